The van der Waals surface area contributed by atoms with Crippen LogP contribution in [0.15, 0.2) is 12.4 Å². The molecule has 7 nitrogen and oxygen atoms in total. The van der Waals surface area contributed by atoms with Crippen LogP contribution in [0.25, 0.3) is 0 Å². The van der Waals surface area contributed by atoms with E-state index in [2.05, 4.69) is 9.97 Å². The second-order valence-corrected chi connectivity index (χ2v) is 7.37. The van der Waals surface area contributed by atoms with Crippen molar-refractivity contribution in [2.24, 2.45) is 0 Å². The average molecular weight is 329 g/mol. The van der Waals surface area contributed by atoms with Gasteiger partial charge in [0.2, 0.25) is 10.0 Å². The van der Waals surface area contributed by atoms with E-state index >= 15 is 0 Å². The quantitative estimate of drug-likeness (QED) is 0.753. The van der Waals surface area contributed by atoms with Gasteiger partial charge in [-0.25, -0.2) is 18.4 Å². The molecule has 1 aliphatic rings. The van der Waals surface area contributed by atoms with Crippen LogP contribution in [-0.4, -0.2) is 54.7 Å². The van der Waals surface area contributed by atoms with Crippen LogP contribution in [0.2, 0.25) is 0 Å². The molecule has 0 radical (unpaired) electrons. The van der Waals surface area contributed by atoms with Gasteiger partial charge in [-0.3, -0.25) is 0 Å². The molecule has 1 aliphatic heterocycles. The topological polar surface area (TPSA) is 81.6 Å². The summed E-state index contributed by atoms with van der Waals surface area (Å²) in [5.41, 5.74) is 0. The molecule has 0 N–H and O–H groups in total. The van der Waals surface area contributed by atoms with Crippen molar-refractivity contribution >= 4 is 10.0 Å². The fraction of sp³-hybridized carbons (Fsp3) is 0.714. The first kappa shape index (κ1) is 17.0. The number of ether oxygens (including phenoxy) is 2. The maximum atomic E-state index is 12.3. The van der Waals surface area contributed by atoms with Gasteiger partial charge in [-0.05, 0) is 19.3 Å². The van der Waals surface area contributed by atoms with Crippen molar-refractivity contribution in [2.45, 2.75) is 38.7 Å². The van der Waals surface area contributed by atoms with Crippen molar-refractivity contribution in [3.8, 4) is 11.8 Å². The third-order valence-corrected chi connectivity index (χ3v) is 5.52. The van der Waals surface area contributed by atoms with Crippen molar-refractivity contribution in [1.82, 2.24) is 14.3 Å². The van der Waals surface area contributed by atoms with E-state index in [4.69, 9.17) is 9.47 Å². The van der Waals surface area contributed by atoms with E-state index in [9.17, 15) is 8.42 Å². The number of sulfonamides is 1. The fourth-order valence-electron chi connectivity index (χ4n) is 2.40. The maximum absolute atomic E-state index is 12.3. The zero-order chi connectivity index (χ0) is 16.0. The molecule has 0 spiro atoms. The first-order valence-electron chi connectivity index (χ1n) is 7.56. The SMILES string of the molecule is CCCCS(=O)(=O)N1CCCC(Oc2nccnc2OC)C1. The predicted octanol–water partition coefficient (Wildman–Crippen LogP) is 1.46. The van der Waals surface area contributed by atoms with Gasteiger partial charge in [-0.15, -0.1) is 0 Å². The van der Waals surface area contributed by atoms with Crippen LogP contribution in [0.4, 0.5) is 0 Å². The van der Waals surface area contributed by atoms with Gasteiger partial charge in [-0.1, -0.05) is 13.3 Å². The van der Waals surface area contributed by atoms with E-state index in [1.807, 2.05) is 6.92 Å². The predicted molar refractivity (Wildman–Crippen MR) is 82.5 cm³/mol. The Bertz CT molecular complexity index is 579. The van der Waals surface area contributed by atoms with E-state index < -0.39 is 10.0 Å². The van der Waals surface area contributed by atoms with Gasteiger partial charge in [0.1, 0.15) is 6.10 Å². The van der Waals surface area contributed by atoms with Crippen molar-refractivity contribution in [3.05, 3.63) is 12.4 Å². The molecule has 0 amide bonds. The molecule has 1 saturated heterocycles. The Morgan fingerprint density at radius 1 is 1.32 bits per heavy atom. The van der Waals surface area contributed by atoms with Crippen LogP contribution in [0.1, 0.15) is 32.6 Å². The highest BCUT2D eigenvalue weighted by Crippen LogP contribution is 2.24. The molecule has 1 atom stereocenters. The summed E-state index contributed by atoms with van der Waals surface area (Å²) in [4.78, 5) is 8.13. The molecule has 0 bridgehead atoms. The Balaban J connectivity index is 2.01. The number of nitrogens with zero attached hydrogens (tertiary/aromatic N) is 3. The third-order valence-electron chi connectivity index (χ3n) is 3.59. The minimum atomic E-state index is -3.20. The first-order chi connectivity index (χ1) is 10.6. The largest absolute Gasteiger partial charge is 0.477 e. The molecule has 2 heterocycles. The van der Waals surface area contributed by atoms with Crippen LogP contribution in [0.5, 0.6) is 11.8 Å². The van der Waals surface area contributed by atoms with E-state index in [1.54, 1.807) is 0 Å². The summed E-state index contributed by atoms with van der Waals surface area (Å²) in [6.45, 7) is 2.90. The van der Waals surface area contributed by atoms with Crippen LogP contribution in [0.3, 0.4) is 0 Å². The smallest absolute Gasteiger partial charge is 0.278 e. The fourth-order valence-corrected chi connectivity index (χ4v) is 4.11. The van der Waals surface area contributed by atoms with Crippen LogP contribution in [0, 0.1) is 0 Å². The molecule has 0 aromatic carbocycles. The molecule has 0 saturated carbocycles. The molecule has 1 aromatic heterocycles. The minimum Gasteiger partial charge on any atom is -0.477 e. The summed E-state index contributed by atoms with van der Waals surface area (Å²) in [5, 5.41) is 0. The summed E-state index contributed by atoms with van der Waals surface area (Å²) in [6.07, 6.45) is 5.94. The van der Waals surface area contributed by atoms with Crippen molar-refractivity contribution in [1.29, 1.82) is 0 Å². The summed E-state index contributed by atoms with van der Waals surface area (Å²) in [5.74, 6) is 0.821. The van der Waals surface area contributed by atoms with Gasteiger partial charge < -0.3 is 9.47 Å². The molecular weight excluding hydrogens is 306 g/mol. The van der Waals surface area contributed by atoms with Gasteiger partial charge in [0.05, 0.1) is 19.4 Å². The average Bonchev–Trinajstić information content (AvgIpc) is 2.54. The molecule has 8 heteroatoms. The van der Waals surface area contributed by atoms with E-state index in [-0.39, 0.29) is 11.9 Å². The second-order valence-electron chi connectivity index (χ2n) is 5.28. The number of aromatic nitrogens is 2. The van der Waals surface area contributed by atoms with Crippen LogP contribution in [-0.2, 0) is 10.0 Å². The van der Waals surface area contributed by atoms with E-state index in [0.29, 0.717) is 31.3 Å². The number of unbranched alkanes of at least 4 members (excludes halogenated alkanes) is 1. The lowest BCUT2D eigenvalue weighted by atomic mass is 10.1. The molecule has 0 aliphatic carbocycles. The maximum Gasteiger partial charge on any atom is 0.278 e. The van der Waals surface area contributed by atoms with Gasteiger partial charge in [0.25, 0.3) is 11.8 Å². The Labute approximate surface area is 131 Å². The zero-order valence-corrected chi connectivity index (χ0v) is 13.9. The number of piperidine rings is 1. The Morgan fingerprint density at radius 2 is 2.05 bits per heavy atom. The van der Waals surface area contributed by atoms with Crippen molar-refractivity contribution in [2.75, 3.05) is 26.0 Å². The van der Waals surface area contributed by atoms with Crippen LogP contribution >= 0.6 is 0 Å². The first-order valence-corrected chi connectivity index (χ1v) is 9.17. The lowest BCUT2D eigenvalue weighted by Crippen LogP contribution is -2.45. The van der Waals surface area contributed by atoms with Gasteiger partial charge in [-0.2, -0.15) is 4.31 Å². The van der Waals surface area contributed by atoms with Gasteiger partial charge in [0.15, 0.2) is 0 Å². The summed E-state index contributed by atoms with van der Waals surface area (Å²) < 4.78 is 37.0. The monoisotopic (exact) mass is 329 g/mol. The standard InChI is InChI=1S/C14H23N3O4S/c1-3-4-10-22(18,19)17-9-5-6-12(11-17)21-14-13(20-2)15-7-8-16-14/h7-8,12H,3-6,9-11H2,1-2H3. The molecule has 1 unspecified atom stereocenters. The molecule has 1 aromatic rings. The molecule has 1 fully saturated rings. The molecular formula is C14H23N3O4S. The van der Waals surface area contributed by atoms with Gasteiger partial charge >= 0.3 is 0 Å². The number of rotatable bonds is 7. The molecule has 2 rings (SSSR count). The van der Waals surface area contributed by atoms with Gasteiger partial charge in [0, 0.05) is 18.9 Å². The highest BCUT2D eigenvalue weighted by molar-refractivity contribution is 7.89. The summed E-state index contributed by atoms with van der Waals surface area (Å²) >= 11 is 0. The molecule has 22 heavy (non-hydrogen) atoms. The van der Waals surface area contributed by atoms with Crippen molar-refractivity contribution in [3.63, 3.8) is 0 Å². The Morgan fingerprint density at radius 3 is 2.73 bits per heavy atom. The number of methoxy groups -OCH3 is 1. The van der Waals surface area contributed by atoms with E-state index in [1.165, 1.54) is 23.8 Å². The highest BCUT2D eigenvalue weighted by Gasteiger charge is 2.30. The molecule has 124 valence electrons. The Hall–Kier alpha value is -1.41. The van der Waals surface area contributed by atoms with Crippen LogP contribution < -0.4 is 9.47 Å². The third kappa shape index (κ3) is 4.30. The summed E-state index contributed by atoms with van der Waals surface area (Å²) in [6, 6.07) is 0. The second kappa shape index (κ2) is 7.73. The highest BCUT2D eigenvalue weighted by atomic mass is 32.2. The normalized spacial score (nSPS) is 19.8. The lowest BCUT2D eigenvalue weighted by Gasteiger charge is -2.31. The minimum absolute atomic E-state index is 0.199. The Kier molecular flexibility index (Phi) is 5.96. The number of hydrogen-bond acceptors (Lipinski definition) is 6. The van der Waals surface area contributed by atoms with E-state index in [0.717, 1.165) is 19.3 Å². The lowest BCUT2D eigenvalue weighted by molar-refractivity contribution is 0.119. The number of hydrogen-bond donors (Lipinski definition) is 0. The zero-order valence-electron chi connectivity index (χ0n) is 13.1. The van der Waals surface area contributed by atoms with Crippen molar-refractivity contribution < 1.29 is 17.9 Å². The summed E-state index contributed by atoms with van der Waals surface area (Å²) in [7, 11) is -1.70.